The average Bonchev–Trinajstić information content (AvgIpc) is 2.69. The van der Waals surface area contributed by atoms with Crippen molar-refractivity contribution < 1.29 is 28.6 Å². The minimum Gasteiger partial charge on any atom is -0.466 e. The van der Waals surface area contributed by atoms with E-state index in [-0.39, 0.29) is 19.2 Å². The number of rotatable bonds is 8. The van der Waals surface area contributed by atoms with Crippen molar-refractivity contribution in [2.75, 3.05) is 20.3 Å². The normalized spacial score (nSPS) is 9.00. The molecule has 1 aromatic rings. The van der Waals surface area contributed by atoms with Gasteiger partial charge in [-0.2, -0.15) is 0 Å². The summed E-state index contributed by atoms with van der Waals surface area (Å²) in [4.78, 5) is 33.5. The standard InChI is InChI=1S/C14H14O4.C6H10O2/c1-3-8-17-13(15)11-6-5-7-12(10-11)14(16)18-9-4-2;1-4-5(2)6(7)8-3/h3-7,10H,1-2,8-9H2;2,4H2,1,3H3. The number of carbonyl (C=O) groups is 3. The maximum Gasteiger partial charge on any atom is 0.338 e. The van der Waals surface area contributed by atoms with Crippen molar-refractivity contribution in [3.05, 3.63) is 72.9 Å². The predicted octanol–water partition coefficient (Wildman–Crippen LogP) is 3.50. The lowest BCUT2D eigenvalue weighted by Crippen LogP contribution is -2.09. The largest absolute Gasteiger partial charge is 0.466 e. The summed E-state index contributed by atoms with van der Waals surface area (Å²) in [7, 11) is 1.35. The second kappa shape index (κ2) is 13.2. The Hall–Kier alpha value is -3.15. The fraction of sp³-hybridized carbons (Fsp3) is 0.250. The smallest absolute Gasteiger partial charge is 0.338 e. The van der Waals surface area contributed by atoms with Crippen LogP contribution in [0.2, 0.25) is 0 Å². The minimum atomic E-state index is -0.506. The molecule has 140 valence electrons. The molecule has 0 aliphatic carbocycles. The van der Waals surface area contributed by atoms with E-state index in [4.69, 9.17) is 9.47 Å². The third kappa shape index (κ3) is 8.63. The molecule has 0 saturated carbocycles. The van der Waals surface area contributed by atoms with Gasteiger partial charge in [-0.1, -0.05) is 44.9 Å². The third-order valence-corrected chi connectivity index (χ3v) is 2.90. The topological polar surface area (TPSA) is 78.9 Å². The third-order valence-electron chi connectivity index (χ3n) is 2.90. The van der Waals surface area contributed by atoms with Gasteiger partial charge in [-0.05, 0) is 24.6 Å². The van der Waals surface area contributed by atoms with Crippen molar-refractivity contribution in [2.45, 2.75) is 13.3 Å². The number of carbonyl (C=O) groups excluding carboxylic acids is 3. The maximum absolute atomic E-state index is 11.6. The van der Waals surface area contributed by atoms with E-state index in [1.54, 1.807) is 18.2 Å². The van der Waals surface area contributed by atoms with Crippen LogP contribution in [-0.4, -0.2) is 38.2 Å². The van der Waals surface area contributed by atoms with Gasteiger partial charge in [0.25, 0.3) is 0 Å². The number of esters is 3. The number of methoxy groups -OCH3 is 1. The zero-order valence-corrected chi connectivity index (χ0v) is 15.2. The molecule has 0 unspecified atom stereocenters. The van der Waals surface area contributed by atoms with Crippen LogP contribution in [0.15, 0.2) is 61.7 Å². The van der Waals surface area contributed by atoms with Crippen molar-refractivity contribution in [2.24, 2.45) is 0 Å². The summed E-state index contributed by atoms with van der Waals surface area (Å²) in [6.07, 6.45) is 3.60. The molecule has 1 rings (SSSR count). The van der Waals surface area contributed by atoms with E-state index in [9.17, 15) is 14.4 Å². The Morgan fingerprint density at radius 2 is 1.46 bits per heavy atom. The van der Waals surface area contributed by atoms with Crippen LogP contribution < -0.4 is 0 Å². The quantitative estimate of drug-likeness (QED) is 0.306. The van der Waals surface area contributed by atoms with Crippen LogP contribution >= 0.6 is 0 Å². The highest BCUT2D eigenvalue weighted by atomic mass is 16.5. The molecule has 0 bridgehead atoms. The molecule has 0 aliphatic rings. The molecule has 0 radical (unpaired) electrons. The van der Waals surface area contributed by atoms with Gasteiger partial charge < -0.3 is 14.2 Å². The van der Waals surface area contributed by atoms with Crippen LogP contribution in [0.25, 0.3) is 0 Å². The van der Waals surface area contributed by atoms with E-state index >= 15 is 0 Å². The fourth-order valence-corrected chi connectivity index (χ4v) is 1.50. The summed E-state index contributed by atoms with van der Waals surface area (Å²) in [5.41, 5.74) is 1.11. The molecule has 0 heterocycles. The Bertz CT molecular complexity index is 607. The van der Waals surface area contributed by atoms with Gasteiger partial charge in [0.05, 0.1) is 18.2 Å². The van der Waals surface area contributed by atoms with Gasteiger partial charge in [-0.15, -0.1) is 0 Å². The van der Waals surface area contributed by atoms with Crippen LogP contribution in [0.1, 0.15) is 34.1 Å². The van der Waals surface area contributed by atoms with Gasteiger partial charge in [0, 0.05) is 5.57 Å². The molecule has 6 nitrogen and oxygen atoms in total. The Morgan fingerprint density at radius 1 is 1.00 bits per heavy atom. The molecule has 0 amide bonds. The molecular formula is C20H24O6. The number of hydrogen-bond donors (Lipinski definition) is 0. The molecule has 0 fully saturated rings. The molecule has 6 heteroatoms. The van der Waals surface area contributed by atoms with Crippen LogP contribution in [0, 0.1) is 0 Å². The molecule has 0 saturated heterocycles. The monoisotopic (exact) mass is 360 g/mol. The van der Waals surface area contributed by atoms with Gasteiger partial charge in [0.1, 0.15) is 13.2 Å². The Morgan fingerprint density at radius 3 is 1.77 bits per heavy atom. The molecule has 0 atom stereocenters. The SMILES string of the molecule is C=C(CC)C(=O)OC.C=CCOC(=O)c1cccc(C(=O)OCC=C)c1. The number of benzene rings is 1. The van der Waals surface area contributed by atoms with E-state index in [2.05, 4.69) is 24.5 Å². The van der Waals surface area contributed by atoms with Crippen LogP contribution in [0.5, 0.6) is 0 Å². The highest BCUT2D eigenvalue weighted by molar-refractivity contribution is 5.95. The van der Waals surface area contributed by atoms with Gasteiger partial charge >= 0.3 is 17.9 Å². The second-order valence-electron chi connectivity index (χ2n) is 4.80. The lowest BCUT2D eigenvalue weighted by Gasteiger charge is -2.05. The molecule has 0 spiro atoms. The van der Waals surface area contributed by atoms with E-state index in [0.717, 1.165) is 0 Å². The second-order valence-corrected chi connectivity index (χ2v) is 4.80. The highest BCUT2D eigenvalue weighted by Gasteiger charge is 2.11. The van der Waals surface area contributed by atoms with Crippen molar-refractivity contribution in [1.82, 2.24) is 0 Å². The Kier molecular flexibility index (Phi) is 11.6. The zero-order chi connectivity index (χ0) is 19.9. The first kappa shape index (κ1) is 22.9. The van der Waals surface area contributed by atoms with Gasteiger partial charge in [-0.3, -0.25) is 0 Å². The highest BCUT2D eigenvalue weighted by Crippen LogP contribution is 2.08. The molecule has 0 aliphatic heterocycles. The van der Waals surface area contributed by atoms with Crippen molar-refractivity contribution >= 4 is 17.9 Å². The summed E-state index contributed by atoms with van der Waals surface area (Å²) >= 11 is 0. The van der Waals surface area contributed by atoms with Crippen LogP contribution in [0.4, 0.5) is 0 Å². The molecule has 26 heavy (non-hydrogen) atoms. The Balaban J connectivity index is 0.000000660. The molecule has 0 N–H and O–H groups in total. The van der Waals surface area contributed by atoms with Crippen molar-refractivity contribution in [3.63, 3.8) is 0 Å². The van der Waals surface area contributed by atoms with Gasteiger partial charge in [-0.25, -0.2) is 14.4 Å². The number of hydrogen-bond acceptors (Lipinski definition) is 6. The molecule has 1 aromatic carbocycles. The summed E-state index contributed by atoms with van der Waals surface area (Å²) in [6.45, 7) is 12.5. The van der Waals surface area contributed by atoms with Gasteiger partial charge in [0.15, 0.2) is 0 Å². The van der Waals surface area contributed by atoms with Crippen LogP contribution in [0.3, 0.4) is 0 Å². The molecular weight excluding hydrogens is 336 g/mol. The summed E-state index contributed by atoms with van der Waals surface area (Å²) in [5.74, 6) is -1.32. The molecule has 0 aromatic heterocycles. The maximum atomic E-state index is 11.6. The van der Waals surface area contributed by atoms with Crippen LogP contribution in [-0.2, 0) is 19.0 Å². The van der Waals surface area contributed by atoms with Gasteiger partial charge in [0.2, 0.25) is 0 Å². The lowest BCUT2D eigenvalue weighted by molar-refractivity contribution is -0.136. The number of ether oxygens (including phenoxy) is 3. The lowest BCUT2D eigenvalue weighted by atomic mass is 10.1. The fourth-order valence-electron chi connectivity index (χ4n) is 1.50. The first-order valence-electron chi connectivity index (χ1n) is 7.83. The van der Waals surface area contributed by atoms with Crippen molar-refractivity contribution in [3.8, 4) is 0 Å². The first-order valence-corrected chi connectivity index (χ1v) is 7.83. The first-order chi connectivity index (χ1) is 12.4. The minimum absolute atomic E-state index is 0.129. The van der Waals surface area contributed by atoms with Crippen molar-refractivity contribution in [1.29, 1.82) is 0 Å². The summed E-state index contributed by atoms with van der Waals surface area (Å²) in [5, 5.41) is 0. The summed E-state index contributed by atoms with van der Waals surface area (Å²) in [6, 6.07) is 6.15. The van der Waals surface area contributed by atoms with E-state index < -0.39 is 11.9 Å². The van der Waals surface area contributed by atoms with E-state index in [1.165, 1.54) is 25.3 Å². The zero-order valence-electron chi connectivity index (χ0n) is 15.2. The Labute approximate surface area is 153 Å². The van der Waals surface area contributed by atoms with E-state index in [0.29, 0.717) is 23.1 Å². The predicted molar refractivity (Wildman–Crippen MR) is 98.8 cm³/mol. The average molecular weight is 360 g/mol. The van der Waals surface area contributed by atoms with E-state index in [1.807, 2.05) is 6.92 Å². The summed E-state index contributed by atoms with van der Waals surface area (Å²) < 4.78 is 14.1.